The van der Waals surface area contributed by atoms with E-state index in [9.17, 15) is 4.79 Å². The molecule has 9 nitrogen and oxygen atoms in total. The molecule has 4 aromatic rings. The van der Waals surface area contributed by atoms with Crippen molar-refractivity contribution in [3.63, 3.8) is 0 Å². The number of piperazine rings is 1. The van der Waals surface area contributed by atoms with Crippen molar-refractivity contribution in [3.05, 3.63) is 53.0 Å². The molecule has 180 valence electrons. The van der Waals surface area contributed by atoms with Crippen molar-refractivity contribution >= 4 is 34.8 Å². The van der Waals surface area contributed by atoms with Crippen LogP contribution >= 0.6 is 11.6 Å². The van der Waals surface area contributed by atoms with Crippen molar-refractivity contribution in [1.29, 1.82) is 0 Å². The van der Waals surface area contributed by atoms with Gasteiger partial charge in [0.05, 0.1) is 12.1 Å². The number of hydrogen-bond donors (Lipinski definition) is 0. The number of pyridine rings is 1. The Hall–Kier alpha value is -3.46. The number of hydrogen-bond acceptors (Lipinski definition) is 8. The molecule has 1 amide bonds. The fourth-order valence-corrected chi connectivity index (χ4v) is 5.01. The third-order valence-electron chi connectivity index (χ3n) is 6.65. The predicted octanol–water partition coefficient (Wildman–Crippen LogP) is 4.72. The SMILES string of the molecule is CC(C)(C)c1nc(-c2ccc(C(=O)N3C4CCC3CN(c3nc5nc(Cl)ccc5o3)C4)cc2)no1. The Morgan fingerprint density at radius 3 is 2.37 bits per heavy atom. The van der Waals surface area contributed by atoms with Crippen LogP contribution in [-0.2, 0) is 5.41 Å². The molecule has 3 aromatic heterocycles. The largest absolute Gasteiger partial charge is 0.422 e. The lowest BCUT2D eigenvalue weighted by Crippen LogP contribution is -2.56. The quantitative estimate of drug-likeness (QED) is 0.379. The van der Waals surface area contributed by atoms with Crippen molar-refractivity contribution in [1.82, 2.24) is 25.0 Å². The lowest BCUT2D eigenvalue weighted by molar-refractivity contribution is 0.0638. The number of carbonyl (C=O) groups excluding carboxylic acids is 1. The number of aromatic nitrogens is 4. The van der Waals surface area contributed by atoms with Crippen LogP contribution in [0.15, 0.2) is 45.3 Å². The third kappa shape index (κ3) is 3.93. The van der Waals surface area contributed by atoms with Gasteiger partial charge in [-0.25, -0.2) is 4.98 Å². The molecule has 0 N–H and O–H groups in total. The predicted molar refractivity (Wildman–Crippen MR) is 130 cm³/mol. The highest BCUT2D eigenvalue weighted by atomic mass is 35.5. The second-order valence-corrected chi connectivity index (χ2v) is 10.6. The molecule has 0 saturated carbocycles. The van der Waals surface area contributed by atoms with Crippen LogP contribution in [0.1, 0.15) is 49.9 Å². The summed E-state index contributed by atoms with van der Waals surface area (Å²) in [7, 11) is 0. The first kappa shape index (κ1) is 22.0. The van der Waals surface area contributed by atoms with E-state index in [-0.39, 0.29) is 23.4 Å². The van der Waals surface area contributed by atoms with Gasteiger partial charge >= 0.3 is 0 Å². The maximum Gasteiger partial charge on any atom is 0.300 e. The summed E-state index contributed by atoms with van der Waals surface area (Å²) in [4.78, 5) is 30.8. The summed E-state index contributed by atoms with van der Waals surface area (Å²) >= 11 is 5.98. The van der Waals surface area contributed by atoms with Crippen molar-refractivity contribution < 1.29 is 13.7 Å². The normalized spacial score (nSPS) is 20.1. The Bertz CT molecular complexity index is 1390. The van der Waals surface area contributed by atoms with E-state index in [1.54, 1.807) is 12.1 Å². The van der Waals surface area contributed by atoms with Crippen LogP contribution in [0.3, 0.4) is 0 Å². The van der Waals surface area contributed by atoms with Crippen molar-refractivity contribution in [2.75, 3.05) is 18.0 Å². The summed E-state index contributed by atoms with van der Waals surface area (Å²) in [5, 5.41) is 4.48. The van der Waals surface area contributed by atoms with Gasteiger partial charge in [0.15, 0.2) is 5.58 Å². The van der Waals surface area contributed by atoms with Gasteiger partial charge in [0, 0.05) is 29.6 Å². The highest BCUT2D eigenvalue weighted by molar-refractivity contribution is 6.29. The molecule has 0 radical (unpaired) electrons. The molecular formula is C25H25ClN6O3. The zero-order valence-electron chi connectivity index (χ0n) is 19.7. The number of fused-ring (bicyclic) bond motifs is 3. The van der Waals surface area contributed by atoms with Gasteiger partial charge in [-0.15, -0.1) is 0 Å². The first-order valence-electron chi connectivity index (χ1n) is 11.7. The summed E-state index contributed by atoms with van der Waals surface area (Å²) < 4.78 is 11.3. The summed E-state index contributed by atoms with van der Waals surface area (Å²) in [6.45, 7) is 7.41. The van der Waals surface area contributed by atoms with Gasteiger partial charge in [0.25, 0.3) is 11.9 Å². The average Bonchev–Trinajstić information content (AvgIpc) is 3.54. The highest BCUT2D eigenvalue weighted by Gasteiger charge is 2.44. The average molecular weight is 493 g/mol. The second kappa shape index (κ2) is 8.05. The lowest BCUT2D eigenvalue weighted by Gasteiger charge is -2.40. The van der Waals surface area contributed by atoms with Gasteiger partial charge in [-0.1, -0.05) is 49.7 Å². The fourth-order valence-electron chi connectivity index (χ4n) is 4.87. The number of rotatable bonds is 3. The summed E-state index contributed by atoms with van der Waals surface area (Å²) in [5.74, 6) is 1.15. The molecule has 2 saturated heterocycles. The van der Waals surface area contributed by atoms with Crippen LogP contribution < -0.4 is 4.90 Å². The zero-order valence-corrected chi connectivity index (χ0v) is 20.5. The van der Waals surface area contributed by atoms with Crippen LogP contribution in [0.25, 0.3) is 22.6 Å². The molecule has 2 unspecified atom stereocenters. The minimum Gasteiger partial charge on any atom is -0.422 e. The molecular weight excluding hydrogens is 468 g/mol. The van der Waals surface area contributed by atoms with E-state index in [0.29, 0.717) is 52.8 Å². The highest BCUT2D eigenvalue weighted by Crippen LogP contribution is 2.35. The van der Waals surface area contributed by atoms with Crippen molar-refractivity contribution in [2.45, 2.75) is 51.1 Å². The van der Waals surface area contributed by atoms with E-state index >= 15 is 0 Å². The van der Waals surface area contributed by atoms with Crippen molar-refractivity contribution in [3.8, 4) is 11.4 Å². The summed E-state index contributed by atoms with van der Waals surface area (Å²) in [6, 6.07) is 11.6. The van der Waals surface area contributed by atoms with E-state index in [2.05, 4.69) is 25.0 Å². The Kier molecular flexibility index (Phi) is 5.07. The molecule has 6 rings (SSSR count). The molecule has 2 aliphatic heterocycles. The van der Waals surface area contributed by atoms with Gasteiger partial charge in [0.2, 0.25) is 17.4 Å². The first-order valence-corrected chi connectivity index (χ1v) is 12.1. The maximum absolute atomic E-state index is 13.5. The summed E-state index contributed by atoms with van der Waals surface area (Å²) in [5.41, 5.74) is 2.35. The van der Waals surface area contributed by atoms with Gasteiger partial charge < -0.3 is 18.7 Å². The lowest BCUT2D eigenvalue weighted by atomic mass is 9.97. The van der Waals surface area contributed by atoms with E-state index in [1.807, 2.05) is 49.9 Å². The molecule has 35 heavy (non-hydrogen) atoms. The van der Waals surface area contributed by atoms with Crippen LogP contribution in [0.2, 0.25) is 5.15 Å². The number of oxazole rings is 1. The Balaban J connectivity index is 1.18. The van der Waals surface area contributed by atoms with E-state index in [0.717, 1.165) is 18.4 Å². The fraction of sp³-hybridized carbons (Fsp3) is 0.400. The Morgan fingerprint density at radius 1 is 1.00 bits per heavy atom. The summed E-state index contributed by atoms with van der Waals surface area (Å²) in [6.07, 6.45) is 1.90. The smallest absolute Gasteiger partial charge is 0.300 e. The Labute approximate surface area is 207 Å². The van der Waals surface area contributed by atoms with Crippen LogP contribution in [0.5, 0.6) is 0 Å². The molecule has 0 spiro atoms. The van der Waals surface area contributed by atoms with Gasteiger partial charge in [-0.05, 0) is 37.1 Å². The minimum atomic E-state index is -0.218. The number of amides is 1. The molecule has 0 aliphatic carbocycles. The van der Waals surface area contributed by atoms with E-state index in [4.69, 9.17) is 20.5 Å². The molecule has 5 heterocycles. The zero-order chi connectivity index (χ0) is 24.3. The van der Waals surface area contributed by atoms with Crippen LogP contribution in [0.4, 0.5) is 6.01 Å². The number of benzene rings is 1. The number of anilines is 1. The Morgan fingerprint density at radius 2 is 1.71 bits per heavy atom. The number of halogens is 1. The van der Waals surface area contributed by atoms with Crippen molar-refractivity contribution in [2.24, 2.45) is 0 Å². The monoisotopic (exact) mass is 492 g/mol. The number of carbonyl (C=O) groups is 1. The van der Waals surface area contributed by atoms with Gasteiger partial charge in [-0.3, -0.25) is 4.79 Å². The van der Waals surface area contributed by atoms with E-state index < -0.39 is 0 Å². The standard InChI is InChI=1S/C25H25ClN6O3/c1-25(2,3)23-28-20(30-35-23)14-4-6-15(7-5-14)22(33)32-16-8-9-17(32)13-31(12-16)24-29-21-18(34-24)10-11-19(26)27-21/h4-7,10-11,16-17H,8-9,12-13H2,1-3H3. The van der Waals surface area contributed by atoms with E-state index in [1.165, 1.54) is 0 Å². The molecule has 1 aromatic carbocycles. The third-order valence-corrected chi connectivity index (χ3v) is 6.86. The molecule has 2 bridgehead atoms. The number of nitrogens with zero attached hydrogens (tertiary/aromatic N) is 6. The second-order valence-electron chi connectivity index (χ2n) is 10.2. The molecule has 2 fully saturated rings. The first-order chi connectivity index (χ1) is 16.8. The van der Waals surface area contributed by atoms with Gasteiger partial charge in [-0.2, -0.15) is 9.97 Å². The van der Waals surface area contributed by atoms with Gasteiger partial charge in [0.1, 0.15) is 5.15 Å². The molecule has 10 heteroatoms. The maximum atomic E-state index is 13.5. The molecule has 2 atom stereocenters. The minimum absolute atomic E-state index is 0.0400. The van der Waals surface area contributed by atoms with Crippen LogP contribution in [0, 0.1) is 0 Å². The topological polar surface area (TPSA) is 101 Å². The van der Waals surface area contributed by atoms with Crippen LogP contribution in [-0.4, -0.2) is 56.1 Å². The molecule has 2 aliphatic rings.